The minimum atomic E-state index is -0.533. The number of benzene rings is 3. The van der Waals surface area contributed by atoms with Crippen LogP contribution in [-0.4, -0.2) is 53.2 Å². The molecule has 9 nitrogen and oxygen atoms in total. The molecule has 1 fully saturated rings. The number of para-hydroxylation sites is 1. The summed E-state index contributed by atoms with van der Waals surface area (Å²) in [6, 6.07) is 17.1. The van der Waals surface area contributed by atoms with Crippen molar-refractivity contribution in [3.05, 3.63) is 92.3 Å². The first-order chi connectivity index (χ1) is 19.3. The highest BCUT2D eigenvalue weighted by atomic mass is 35.5. The Morgan fingerprint density at radius 3 is 2.65 bits per heavy atom. The second-order valence-electron chi connectivity index (χ2n) is 9.73. The lowest BCUT2D eigenvalue weighted by Gasteiger charge is -2.39. The zero-order chi connectivity index (χ0) is 28.4. The Labute approximate surface area is 240 Å². The molecule has 0 aliphatic carbocycles. The highest BCUT2D eigenvalue weighted by Crippen LogP contribution is 2.39. The predicted octanol–water partition coefficient (Wildman–Crippen LogP) is 5.14. The van der Waals surface area contributed by atoms with Crippen LogP contribution in [0.1, 0.15) is 40.8 Å². The van der Waals surface area contributed by atoms with Crippen LogP contribution in [0.3, 0.4) is 0 Å². The number of fused-ring (bicyclic) bond motifs is 1. The van der Waals surface area contributed by atoms with Crippen LogP contribution >= 0.6 is 23.2 Å². The molecule has 0 radical (unpaired) electrons. The SMILES string of the molecule is COCCNC(=O)c1cccc(-c2cccc3c2[nH]c(=O)n3C2CCN(C(N)=O)C(c3ccc(Cl)c(Cl)c3)C2)c1. The van der Waals surface area contributed by atoms with Crippen molar-refractivity contribution < 1.29 is 14.3 Å². The number of carbonyl (C=O) groups excluding carboxylic acids is 2. The normalized spacial score (nSPS) is 17.2. The molecule has 3 amide bonds. The zero-order valence-corrected chi connectivity index (χ0v) is 23.3. The van der Waals surface area contributed by atoms with E-state index in [0.29, 0.717) is 53.7 Å². The fourth-order valence-corrected chi connectivity index (χ4v) is 5.74. The molecule has 1 aliphatic rings. The van der Waals surface area contributed by atoms with Crippen molar-refractivity contribution in [1.82, 2.24) is 19.8 Å². The summed E-state index contributed by atoms with van der Waals surface area (Å²) in [5.41, 5.74) is 9.79. The maximum Gasteiger partial charge on any atom is 0.326 e. The van der Waals surface area contributed by atoms with Gasteiger partial charge in [-0.1, -0.05) is 53.5 Å². The quantitative estimate of drug-likeness (QED) is 0.261. The number of H-pyrrole nitrogens is 1. The summed E-state index contributed by atoms with van der Waals surface area (Å²) >= 11 is 12.4. The van der Waals surface area contributed by atoms with E-state index < -0.39 is 6.03 Å². The molecule has 1 aromatic heterocycles. The molecular formula is C29H29Cl2N5O4. The van der Waals surface area contributed by atoms with Crippen LogP contribution < -0.4 is 16.7 Å². The van der Waals surface area contributed by atoms with Gasteiger partial charge in [-0.15, -0.1) is 0 Å². The number of hydrogen-bond acceptors (Lipinski definition) is 4. The predicted molar refractivity (Wildman–Crippen MR) is 156 cm³/mol. The third kappa shape index (κ3) is 5.45. The van der Waals surface area contributed by atoms with Gasteiger partial charge in [0.2, 0.25) is 0 Å². The fourth-order valence-electron chi connectivity index (χ4n) is 5.43. The maximum atomic E-state index is 13.4. The van der Waals surface area contributed by atoms with Crippen LogP contribution in [0.25, 0.3) is 22.2 Å². The molecule has 5 rings (SSSR count). The van der Waals surface area contributed by atoms with E-state index in [2.05, 4.69) is 10.3 Å². The number of piperidine rings is 1. The van der Waals surface area contributed by atoms with Crippen LogP contribution in [0.15, 0.2) is 65.5 Å². The molecule has 3 aromatic carbocycles. The number of halogens is 2. The lowest BCUT2D eigenvalue weighted by molar-refractivity contribution is 0.0937. The first-order valence-corrected chi connectivity index (χ1v) is 13.7. The van der Waals surface area contributed by atoms with E-state index in [4.69, 9.17) is 33.7 Å². The number of carbonyl (C=O) groups is 2. The van der Waals surface area contributed by atoms with E-state index >= 15 is 0 Å². The van der Waals surface area contributed by atoms with Gasteiger partial charge >= 0.3 is 11.7 Å². The van der Waals surface area contributed by atoms with E-state index in [1.165, 1.54) is 0 Å². The number of aromatic amines is 1. The second kappa shape index (κ2) is 11.8. The van der Waals surface area contributed by atoms with E-state index in [1.54, 1.807) is 40.8 Å². The number of nitrogens with zero attached hydrogens (tertiary/aromatic N) is 2. The Bertz CT molecular complexity index is 1630. The van der Waals surface area contributed by atoms with Crippen molar-refractivity contribution in [3.8, 4) is 11.1 Å². The smallest absolute Gasteiger partial charge is 0.326 e. The number of hydrogen-bond donors (Lipinski definition) is 3. The number of nitrogens with one attached hydrogen (secondary N) is 2. The van der Waals surface area contributed by atoms with Gasteiger partial charge in [0, 0.05) is 37.4 Å². The van der Waals surface area contributed by atoms with Crippen molar-refractivity contribution in [3.63, 3.8) is 0 Å². The summed E-state index contributed by atoms with van der Waals surface area (Å²) in [6.45, 7) is 1.21. The number of nitrogens with two attached hydrogens (primary N) is 1. The Morgan fingerprint density at radius 2 is 1.90 bits per heavy atom. The number of imidazole rings is 1. The third-order valence-electron chi connectivity index (χ3n) is 7.33. The molecule has 0 bridgehead atoms. The van der Waals surface area contributed by atoms with Crippen LogP contribution in [-0.2, 0) is 4.74 Å². The van der Waals surface area contributed by atoms with Crippen molar-refractivity contribution in [2.75, 3.05) is 26.8 Å². The van der Waals surface area contributed by atoms with Crippen LogP contribution in [0, 0.1) is 0 Å². The first-order valence-electron chi connectivity index (χ1n) is 12.9. The number of urea groups is 1. The minimum Gasteiger partial charge on any atom is -0.383 e. The number of primary amides is 1. The summed E-state index contributed by atoms with van der Waals surface area (Å²) in [7, 11) is 1.58. The Hall–Kier alpha value is -3.79. The Balaban J connectivity index is 1.50. The van der Waals surface area contributed by atoms with Crippen molar-refractivity contribution in [2.45, 2.75) is 24.9 Å². The van der Waals surface area contributed by atoms with Gasteiger partial charge < -0.3 is 25.7 Å². The number of methoxy groups -OCH3 is 1. The number of rotatable bonds is 7. The van der Waals surface area contributed by atoms with Crippen LogP contribution in [0.5, 0.6) is 0 Å². The van der Waals surface area contributed by atoms with Gasteiger partial charge in [0.25, 0.3) is 5.91 Å². The van der Waals surface area contributed by atoms with Crippen LogP contribution in [0.2, 0.25) is 10.0 Å². The van der Waals surface area contributed by atoms with Crippen molar-refractivity contribution >= 4 is 46.2 Å². The lowest BCUT2D eigenvalue weighted by atomic mass is 9.91. The van der Waals surface area contributed by atoms with Gasteiger partial charge in [-0.3, -0.25) is 9.36 Å². The standard InChI is InChI=1S/C29H29Cl2N5O4/c1-40-13-11-33-27(37)19-5-2-4-17(14-19)21-6-3-7-24-26(21)34-29(39)36(24)20-10-12-35(28(32)38)25(16-20)18-8-9-22(30)23(31)15-18/h2-9,14-15,20,25H,10-13,16H2,1H3,(H2,32,38)(H,33,37)(H,34,39). The molecule has 208 valence electrons. The lowest BCUT2D eigenvalue weighted by Crippen LogP contribution is -2.45. The largest absolute Gasteiger partial charge is 0.383 e. The molecule has 2 heterocycles. The molecule has 4 N–H and O–H groups in total. The monoisotopic (exact) mass is 581 g/mol. The zero-order valence-electron chi connectivity index (χ0n) is 21.8. The average molecular weight is 582 g/mol. The van der Waals surface area contributed by atoms with Gasteiger partial charge in [0.05, 0.1) is 33.7 Å². The molecule has 2 atom stereocenters. The van der Waals surface area contributed by atoms with E-state index in [-0.39, 0.29) is 23.7 Å². The van der Waals surface area contributed by atoms with E-state index in [9.17, 15) is 14.4 Å². The number of ether oxygens (including phenoxy) is 1. The first kappa shape index (κ1) is 27.8. The van der Waals surface area contributed by atoms with Gasteiger partial charge in [-0.25, -0.2) is 9.59 Å². The molecule has 0 spiro atoms. The molecule has 1 aliphatic heterocycles. The maximum absolute atomic E-state index is 13.4. The molecule has 2 unspecified atom stereocenters. The molecule has 40 heavy (non-hydrogen) atoms. The highest BCUT2D eigenvalue weighted by Gasteiger charge is 2.34. The average Bonchev–Trinajstić information content (AvgIpc) is 3.30. The summed E-state index contributed by atoms with van der Waals surface area (Å²) < 4.78 is 6.76. The Kier molecular flexibility index (Phi) is 8.16. The van der Waals surface area contributed by atoms with Crippen molar-refractivity contribution in [1.29, 1.82) is 0 Å². The molecule has 1 saturated heterocycles. The highest BCUT2D eigenvalue weighted by molar-refractivity contribution is 6.42. The topological polar surface area (TPSA) is 122 Å². The van der Waals surface area contributed by atoms with Gasteiger partial charge in [-0.05, 0) is 54.3 Å². The molecule has 11 heteroatoms. The van der Waals surface area contributed by atoms with Gasteiger partial charge in [-0.2, -0.15) is 0 Å². The summed E-state index contributed by atoms with van der Waals surface area (Å²) in [5.74, 6) is -0.202. The second-order valence-corrected chi connectivity index (χ2v) is 10.5. The molecule has 4 aromatic rings. The minimum absolute atomic E-state index is 0.202. The number of likely N-dealkylation sites (tertiary alicyclic amines) is 1. The Morgan fingerprint density at radius 1 is 1.10 bits per heavy atom. The summed E-state index contributed by atoms with van der Waals surface area (Å²) in [6.07, 6.45) is 1.02. The van der Waals surface area contributed by atoms with Crippen LogP contribution in [0.4, 0.5) is 4.79 Å². The van der Waals surface area contributed by atoms with Crippen molar-refractivity contribution in [2.24, 2.45) is 5.73 Å². The molecule has 0 saturated carbocycles. The number of amides is 3. The van der Waals surface area contributed by atoms with Gasteiger partial charge in [0.15, 0.2) is 0 Å². The third-order valence-corrected chi connectivity index (χ3v) is 8.07. The van der Waals surface area contributed by atoms with E-state index in [1.807, 2.05) is 36.4 Å². The summed E-state index contributed by atoms with van der Waals surface area (Å²) in [5, 5.41) is 3.63. The fraction of sp³-hybridized carbons (Fsp3) is 0.276. The van der Waals surface area contributed by atoms with Gasteiger partial charge in [0.1, 0.15) is 0 Å². The van der Waals surface area contributed by atoms with E-state index in [0.717, 1.165) is 22.2 Å². The molecular weight excluding hydrogens is 553 g/mol. The number of aromatic nitrogens is 2. The summed E-state index contributed by atoms with van der Waals surface area (Å²) in [4.78, 5) is 42.9.